The fraction of sp³-hybridized carbons (Fsp3) is 0.222. The van der Waals surface area contributed by atoms with Crippen LogP contribution in [0.1, 0.15) is 15.9 Å². The van der Waals surface area contributed by atoms with E-state index < -0.39 is 28.9 Å². The Morgan fingerprint density at radius 1 is 1.33 bits per heavy atom. The molecule has 1 aromatic carbocycles. The zero-order chi connectivity index (χ0) is 11.6. The number of carbonyl (C=O) groups excluding carboxylic acids is 1. The molecule has 15 heavy (non-hydrogen) atoms. The van der Waals surface area contributed by atoms with Crippen LogP contribution in [0.5, 0.6) is 0 Å². The summed E-state index contributed by atoms with van der Waals surface area (Å²) in [6, 6.07) is 1.82. The molecule has 1 rings (SSSR count). The summed E-state index contributed by atoms with van der Waals surface area (Å²) < 4.78 is 49.9. The summed E-state index contributed by atoms with van der Waals surface area (Å²) in [6.07, 6.45) is -4.65. The lowest BCUT2D eigenvalue weighted by Crippen LogP contribution is -2.14. The molecule has 0 bridgehead atoms. The van der Waals surface area contributed by atoms with Gasteiger partial charge in [0.15, 0.2) is 5.78 Å². The van der Waals surface area contributed by atoms with E-state index in [2.05, 4.69) is 15.9 Å². The molecule has 82 valence electrons. The van der Waals surface area contributed by atoms with E-state index in [1.54, 1.807) is 0 Å². The van der Waals surface area contributed by atoms with Crippen molar-refractivity contribution in [1.82, 2.24) is 0 Å². The molecule has 0 aliphatic heterocycles. The van der Waals surface area contributed by atoms with Gasteiger partial charge in [0.1, 0.15) is 5.82 Å². The lowest BCUT2D eigenvalue weighted by molar-refractivity contribution is -0.137. The van der Waals surface area contributed by atoms with Gasteiger partial charge in [0.05, 0.1) is 10.9 Å². The van der Waals surface area contributed by atoms with Crippen LogP contribution in [0.25, 0.3) is 0 Å². The number of benzene rings is 1. The summed E-state index contributed by atoms with van der Waals surface area (Å²) in [4.78, 5) is 11.1. The van der Waals surface area contributed by atoms with Gasteiger partial charge < -0.3 is 0 Å². The van der Waals surface area contributed by atoms with Crippen LogP contribution in [0.3, 0.4) is 0 Å². The van der Waals surface area contributed by atoms with Crippen LogP contribution >= 0.6 is 15.9 Å². The Bertz CT molecular complexity index is 386. The van der Waals surface area contributed by atoms with Crippen molar-refractivity contribution in [1.29, 1.82) is 0 Å². The molecule has 0 spiro atoms. The summed E-state index contributed by atoms with van der Waals surface area (Å²) in [6.45, 7) is 0. The van der Waals surface area contributed by atoms with Gasteiger partial charge in [-0.3, -0.25) is 4.79 Å². The third-order valence-corrected chi connectivity index (χ3v) is 2.22. The van der Waals surface area contributed by atoms with E-state index in [0.717, 1.165) is 0 Å². The standard InChI is InChI=1S/C9H5BrF4O/c10-4-8(15)6-3-5(11)1-2-7(6)9(12,13)14/h1-3H,4H2. The maximum absolute atomic E-state index is 12.7. The van der Waals surface area contributed by atoms with Gasteiger partial charge in [0.25, 0.3) is 0 Å². The lowest BCUT2D eigenvalue weighted by Gasteiger charge is -2.10. The van der Waals surface area contributed by atoms with Gasteiger partial charge in [0.2, 0.25) is 0 Å². The average Bonchev–Trinajstić information content (AvgIpc) is 2.14. The predicted octanol–water partition coefficient (Wildman–Crippen LogP) is 3.42. The van der Waals surface area contributed by atoms with Gasteiger partial charge in [-0.15, -0.1) is 0 Å². The molecule has 0 atom stereocenters. The number of ketones is 1. The first kappa shape index (κ1) is 12.2. The minimum absolute atomic E-state index is 0.278. The van der Waals surface area contributed by atoms with E-state index in [0.29, 0.717) is 18.2 Å². The second kappa shape index (κ2) is 4.30. The molecule has 0 unspecified atom stereocenters. The van der Waals surface area contributed by atoms with Crippen molar-refractivity contribution in [2.45, 2.75) is 6.18 Å². The smallest absolute Gasteiger partial charge is 0.293 e. The molecular formula is C9H5BrF4O. The predicted molar refractivity (Wildman–Crippen MR) is 49.5 cm³/mol. The highest BCUT2D eigenvalue weighted by atomic mass is 79.9. The van der Waals surface area contributed by atoms with Crippen LogP contribution in [0.2, 0.25) is 0 Å². The van der Waals surface area contributed by atoms with Crippen LogP contribution in [0.15, 0.2) is 18.2 Å². The summed E-state index contributed by atoms with van der Waals surface area (Å²) in [5.74, 6) is -1.67. The summed E-state index contributed by atoms with van der Waals surface area (Å²) >= 11 is 2.74. The number of hydrogen-bond acceptors (Lipinski definition) is 1. The first-order valence-corrected chi connectivity index (χ1v) is 4.94. The van der Waals surface area contributed by atoms with Gasteiger partial charge in [-0.1, -0.05) is 15.9 Å². The Labute approximate surface area is 91.2 Å². The Morgan fingerprint density at radius 3 is 2.40 bits per heavy atom. The molecule has 0 N–H and O–H groups in total. The monoisotopic (exact) mass is 284 g/mol. The molecule has 1 nitrogen and oxygen atoms in total. The number of Topliss-reactive ketones (excluding diaryl/α,β-unsaturated/α-hetero) is 1. The third kappa shape index (κ3) is 2.77. The first-order valence-electron chi connectivity index (χ1n) is 3.82. The minimum Gasteiger partial charge on any atom is -0.293 e. The van der Waals surface area contributed by atoms with Gasteiger partial charge in [-0.2, -0.15) is 13.2 Å². The quantitative estimate of drug-likeness (QED) is 0.462. The third-order valence-electron chi connectivity index (χ3n) is 1.71. The molecule has 0 saturated heterocycles. The average molecular weight is 285 g/mol. The number of halogens is 5. The maximum Gasteiger partial charge on any atom is 0.417 e. The van der Waals surface area contributed by atoms with Crippen molar-refractivity contribution >= 4 is 21.7 Å². The highest BCUT2D eigenvalue weighted by molar-refractivity contribution is 9.09. The summed E-state index contributed by atoms with van der Waals surface area (Å²) in [5.41, 5.74) is -1.77. The molecule has 0 saturated carbocycles. The molecule has 1 aromatic rings. The first-order chi connectivity index (χ1) is 6.86. The lowest BCUT2D eigenvalue weighted by atomic mass is 10.0. The van der Waals surface area contributed by atoms with E-state index in [-0.39, 0.29) is 5.33 Å². The SMILES string of the molecule is O=C(CBr)c1cc(F)ccc1C(F)(F)F. The Balaban J connectivity index is 3.33. The molecule has 0 radical (unpaired) electrons. The molecular weight excluding hydrogens is 280 g/mol. The van der Waals surface area contributed by atoms with E-state index in [4.69, 9.17) is 0 Å². The zero-order valence-electron chi connectivity index (χ0n) is 7.24. The molecule has 6 heteroatoms. The highest BCUT2D eigenvalue weighted by Crippen LogP contribution is 2.32. The van der Waals surface area contributed by atoms with Gasteiger partial charge in [-0.05, 0) is 18.2 Å². The molecule has 0 aliphatic carbocycles. The van der Waals surface area contributed by atoms with Crippen LogP contribution in [0, 0.1) is 5.82 Å². The number of hydrogen-bond donors (Lipinski definition) is 0. The van der Waals surface area contributed by atoms with Gasteiger partial charge >= 0.3 is 6.18 Å². The zero-order valence-corrected chi connectivity index (χ0v) is 8.82. The molecule has 0 aliphatic rings. The Kier molecular flexibility index (Phi) is 3.49. The second-order valence-corrected chi connectivity index (χ2v) is 3.31. The number of alkyl halides is 4. The van der Waals surface area contributed by atoms with E-state index in [1.165, 1.54) is 0 Å². The van der Waals surface area contributed by atoms with Crippen molar-refractivity contribution in [3.63, 3.8) is 0 Å². The van der Waals surface area contributed by atoms with Gasteiger partial charge in [-0.25, -0.2) is 4.39 Å². The maximum atomic E-state index is 12.7. The number of rotatable bonds is 2. The van der Waals surface area contributed by atoms with Crippen molar-refractivity contribution in [3.05, 3.63) is 35.1 Å². The molecule has 0 amide bonds. The molecule has 0 aromatic heterocycles. The summed E-state index contributed by atoms with van der Waals surface area (Å²) in [7, 11) is 0. The highest BCUT2D eigenvalue weighted by Gasteiger charge is 2.34. The van der Waals surface area contributed by atoms with Crippen molar-refractivity contribution in [2.24, 2.45) is 0 Å². The summed E-state index contributed by atoms with van der Waals surface area (Å²) in [5, 5.41) is -0.278. The molecule has 0 heterocycles. The Morgan fingerprint density at radius 2 is 1.93 bits per heavy atom. The molecule has 0 fully saturated rings. The largest absolute Gasteiger partial charge is 0.417 e. The Hall–Kier alpha value is -0.910. The van der Waals surface area contributed by atoms with Gasteiger partial charge in [0, 0.05) is 5.56 Å². The van der Waals surface area contributed by atoms with E-state index in [9.17, 15) is 22.4 Å². The second-order valence-electron chi connectivity index (χ2n) is 2.74. The van der Waals surface area contributed by atoms with Crippen molar-refractivity contribution in [3.8, 4) is 0 Å². The van der Waals surface area contributed by atoms with E-state index in [1.807, 2.05) is 0 Å². The van der Waals surface area contributed by atoms with Crippen LogP contribution in [-0.4, -0.2) is 11.1 Å². The topological polar surface area (TPSA) is 17.1 Å². The van der Waals surface area contributed by atoms with Crippen LogP contribution in [0.4, 0.5) is 17.6 Å². The van der Waals surface area contributed by atoms with E-state index >= 15 is 0 Å². The number of carbonyl (C=O) groups is 1. The van der Waals surface area contributed by atoms with Crippen molar-refractivity contribution in [2.75, 3.05) is 5.33 Å². The van der Waals surface area contributed by atoms with Crippen LogP contribution in [-0.2, 0) is 6.18 Å². The normalized spacial score (nSPS) is 11.5. The van der Waals surface area contributed by atoms with Crippen molar-refractivity contribution < 1.29 is 22.4 Å². The fourth-order valence-corrected chi connectivity index (χ4v) is 1.37. The minimum atomic E-state index is -4.65. The van der Waals surface area contributed by atoms with Crippen LogP contribution < -0.4 is 0 Å². The fourth-order valence-electron chi connectivity index (χ4n) is 1.07.